The van der Waals surface area contributed by atoms with Crippen molar-refractivity contribution >= 4 is 29.3 Å². The van der Waals surface area contributed by atoms with Gasteiger partial charge in [-0.25, -0.2) is 4.79 Å². The first-order chi connectivity index (χ1) is 13.3. The number of rotatable bonds is 6. The molecule has 1 saturated heterocycles. The number of para-hydroxylation sites is 2. The molecule has 1 aromatic heterocycles. The van der Waals surface area contributed by atoms with Crippen molar-refractivity contribution in [1.82, 2.24) is 24.7 Å². The number of nitrogens with zero attached hydrogens (tertiary/aromatic N) is 3. The van der Waals surface area contributed by atoms with Gasteiger partial charge in [-0.1, -0.05) is 12.1 Å². The average molecular weight is 436 g/mol. The molecule has 1 atom stereocenters. The molecule has 3 rings (SSSR count). The molecule has 2 N–H and O–H groups in total. The Morgan fingerprint density at radius 3 is 2.31 bits per heavy atom. The molecule has 2 aromatic rings. The van der Waals surface area contributed by atoms with Gasteiger partial charge in [0.15, 0.2) is 0 Å². The van der Waals surface area contributed by atoms with E-state index in [4.69, 9.17) is 0 Å². The highest BCUT2D eigenvalue weighted by Crippen LogP contribution is 2.24. The molecule has 0 bridgehead atoms. The van der Waals surface area contributed by atoms with E-state index < -0.39 is 24.7 Å². The van der Waals surface area contributed by atoms with E-state index in [1.165, 1.54) is 14.0 Å². The van der Waals surface area contributed by atoms with E-state index in [2.05, 4.69) is 10.6 Å². The van der Waals surface area contributed by atoms with Crippen LogP contribution in [-0.4, -0.2) is 64.9 Å². The first-order valence-corrected chi connectivity index (χ1v) is 9.29. The molecule has 1 aliphatic heterocycles. The minimum atomic E-state index is -4.44. The van der Waals surface area contributed by atoms with E-state index in [9.17, 15) is 22.8 Å². The molecule has 7 nitrogen and oxygen atoms in total. The summed E-state index contributed by atoms with van der Waals surface area (Å²) in [5, 5.41) is 5.38. The molecule has 11 heteroatoms. The minimum Gasteiger partial charge on any atom is -0.353 e. The first kappa shape index (κ1) is 23.2. The third kappa shape index (κ3) is 5.12. The smallest absolute Gasteiger partial charge is 0.353 e. The van der Waals surface area contributed by atoms with Crippen LogP contribution in [0.25, 0.3) is 11.0 Å². The van der Waals surface area contributed by atoms with Crippen LogP contribution in [0.5, 0.6) is 0 Å². The number of aromatic nitrogens is 2. The number of benzene rings is 1. The normalized spacial score (nSPS) is 16.4. The number of aryl methyl sites for hydroxylation is 1. The molecule has 1 amide bonds. The van der Waals surface area contributed by atoms with Crippen molar-refractivity contribution in [1.29, 1.82) is 0 Å². The fourth-order valence-corrected chi connectivity index (χ4v) is 3.59. The Hall–Kier alpha value is -2.04. The van der Waals surface area contributed by atoms with Crippen LogP contribution in [0.4, 0.5) is 13.2 Å². The lowest BCUT2D eigenvalue weighted by molar-refractivity contribution is -0.184. The molecule has 0 radical (unpaired) electrons. The van der Waals surface area contributed by atoms with E-state index in [0.717, 1.165) is 0 Å². The lowest BCUT2D eigenvalue weighted by atomic mass is 10.2. The molecule has 1 aliphatic rings. The van der Waals surface area contributed by atoms with Gasteiger partial charge in [0.25, 0.3) is 0 Å². The Balaban J connectivity index is 0.00000300. The number of hydrogen-bond donors (Lipinski definition) is 2. The summed E-state index contributed by atoms with van der Waals surface area (Å²) in [6.07, 6.45) is -4.44. The van der Waals surface area contributed by atoms with Crippen molar-refractivity contribution in [3.63, 3.8) is 0 Å². The number of nitrogens with one attached hydrogen (secondary N) is 2. The summed E-state index contributed by atoms with van der Waals surface area (Å²) in [6.45, 7) is 2.89. The fraction of sp³-hybridized carbons (Fsp3) is 0.556. The number of imidazole rings is 1. The number of alkyl halides is 3. The van der Waals surface area contributed by atoms with Gasteiger partial charge >= 0.3 is 11.9 Å². The summed E-state index contributed by atoms with van der Waals surface area (Å²) in [6, 6.07) is 5.29. The van der Waals surface area contributed by atoms with Crippen LogP contribution < -0.4 is 16.3 Å². The summed E-state index contributed by atoms with van der Waals surface area (Å²) in [5.41, 5.74) is 0.920. The van der Waals surface area contributed by atoms with E-state index >= 15 is 0 Å². The maximum absolute atomic E-state index is 13.4. The number of hydrogen-bond acceptors (Lipinski definition) is 4. The van der Waals surface area contributed by atoms with E-state index in [0.29, 0.717) is 30.7 Å². The Bertz CT molecular complexity index is 890. The summed E-state index contributed by atoms with van der Waals surface area (Å²) >= 11 is 0. The van der Waals surface area contributed by atoms with Gasteiger partial charge in [0.05, 0.1) is 11.0 Å². The van der Waals surface area contributed by atoms with E-state index in [1.54, 1.807) is 24.3 Å². The topological polar surface area (TPSA) is 71.3 Å². The van der Waals surface area contributed by atoms with Crippen LogP contribution in [-0.2, 0) is 17.9 Å². The molecule has 1 aromatic carbocycles. The molecule has 162 valence electrons. The lowest BCUT2D eigenvalue weighted by Gasteiger charge is -2.35. The van der Waals surface area contributed by atoms with Gasteiger partial charge in [-0.3, -0.25) is 18.8 Å². The Labute approximate surface area is 172 Å². The van der Waals surface area contributed by atoms with Crippen LogP contribution in [0.15, 0.2) is 29.1 Å². The van der Waals surface area contributed by atoms with Crippen LogP contribution >= 0.6 is 12.4 Å². The zero-order chi connectivity index (χ0) is 20.3. The predicted molar refractivity (Wildman–Crippen MR) is 106 cm³/mol. The second-order valence-corrected chi connectivity index (χ2v) is 6.75. The number of halogens is 4. The molecule has 1 unspecified atom stereocenters. The monoisotopic (exact) mass is 435 g/mol. The summed E-state index contributed by atoms with van der Waals surface area (Å²) < 4.78 is 43.1. The maximum Gasteiger partial charge on any atom is 0.405 e. The lowest BCUT2D eigenvalue weighted by Crippen LogP contribution is -2.57. The SMILES string of the molecule is CCn1c(=O)n(CC(=O)NCC(N2CCNCC2)C(F)(F)F)c2ccccc21.Cl. The van der Waals surface area contributed by atoms with Crippen LogP contribution in [0.1, 0.15) is 6.92 Å². The summed E-state index contributed by atoms with van der Waals surface area (Å²) in [4.78, 5) is 26.2. The molecule has 1 fully saturated rings. The average Bonchev–Trinajstić information content (AvgIpc) is 2.93. The van der Waals surface area contributed by atoms with Crippen LogP contribution in [0.2, 0.25) is 0 Å². The van der Waals surface area contributed by atoms with Gasteiger partial charge < -0.3 is 10.6 Å². The standard InChI is InChI=1S/C18H24F3N5O2.ClH/c1-2-25-13-5-3-4-6-14(13)26(17(25)28)12-16(27)23-11-15(18(19,20)21)24-9-7-22-8-10-24;/h3-6,15,22H,2,7-12H2,1H3,(H,23,27);1H. The summed E-state index contributed by atoms with van der Waals surface area (Å²) in [5.74, 6) is -0.620. The van der Waals surface area contributed by atoms with Gasteiger partial charge in [-0.15, -0.1) is 12.4 Å². The van der Waals surface area contributed by atoms with Crippen LogP contribution in [0, 0.1) is 0 Å². The maximum atomic E-state index is 13.4. The van der Waals surface area contributed by atoms with Crippen molar-refractivity contribution in [2.24, 2.45) is 0 Å². The molecule has 2 heterocycles. The first-order valence-electron chi connectivity index (χ1n) is 9.29. The molecular formula is C18H25ClF3N5O2. The van der Waals surface area contributed by atoms with Crippen molar-refractivity contribution in [3.05, 3.63) is 34.7 Å². The second kappa shape index (κ2) is 9.64. The van der Waals surface area contributed by atoms with Gasteiger partial charge in [-0.05, 0) is 19.1 Å². The number of fused-ring (bicyclic) bond motifs is 1. The molecule has 0 aliphatic carbocycles. The highest BCUT2D eigenvalue weighted by Gasteiger charge is 2.43. The van der Waals surface area contributed by atoms with Gasteiger partial charge in [0.1, 0.15) is 12.6 Å². The predicted octanol–water partition coefficient (Wildman–Crippen LogP) is 1.20. The Kier molecular flexibility index (Phi) is 7.73. The minimum absolute atomic E-state index is 0. The molecule has 29 heavy (non-hydrogen) atoms. The number of carbonyl (C=O) groups excluding carboxylic acids is 1. The van der Waals surface area contributed by atoms with Crippen molar-refractivity contribution in [3.8, 4) is 0 Å². The molecule has 0 spiro atoms. The zero-order valence-electron chi connectivity index (χ0n) is 16.0. The number of amides is 1. The molecular weight excluding hydrogens is 411 g/mol. The van der Waals surface area contributed by atoms with E-state index in [1.807, 2.05) is 6.92 Å². The Morgan fingerprint density at radius 2 is 1.76 bits per heavy atom. The van der Waals surface area contributed by atoms with Crippen LogP contribution in [0.3, 0.4) is 0 Å². The summed E-state index contributed by atoms with van der Waals surface area (Å²) in [7, 11) is 0. The highest BCUT2D eigenvalue weighted by atomic mass is 35.5. The fourth-order valence-electron chi connectivity index (χ4n) is 3.59. The Morgan fingerprint density at radius 1 is 1.17 bits per heavy atom. The zero-order valence-corrected chi connectivity index (χ0v) is 16.9. The largest absolute Gasteiger partial charge is 0.405 e. The van der Waals surface area contributed by atoms with Crippen molar-refractivity contribution in [2.75, 3.05) is 32.7 Å². The number of piperazine rings is 1. The van der Waals surface area contributed by atoms with Crippen molar-refractivity contribution in [2.45, 2.75) is 32.2 Å². The quantitative estimate of drug-likeness (QED) is 0.715. The third-order valence-corrected chi connectivity index (χ3v) is 5.01. The highest BCUT2D eigenvalue weighted by molar-refractivity contribution is 5.85. The number of carbonyl (C=O) groups is 1. The van der Waals surface area contributed by atoms with Crippen molar-refractivity contribution < 1.29 is 18.0 Å². The second-order valence-electron chi connectivity index (χ2n) is 6.75. The van der Waals surface area contributed by atoms with Gasteiger partial charge in [-0.2, -0.15) is 13.2 Å². The van der Waals surface area contributed by atoms with Gasteiger partial charge in [0, 0.05) is 39.3 Å². The van der Waals surface area contributed by atoms with E-state index in [-0.39, 0.29) is 37.7 Å². The molecule has 0 saturated carbocycles. The van der Waals surface area contributed by atoms with Gasteiger partial charge in [0.2, 0.25) is 5.91 Å². The third-order valence-electron chi connectivity index (χ3n) is 5.01.